The smallest absolute Gasteiger partial charge is 0.272 e. The molecule has 2 amide bonds. The van der Waals surface area contributed by atoms with E-state index in [1.54, 1.807) is 6.92 Å². The quantitative estimate of drug-likeness (QED) is 0.474. The Morgan fingerprint density at radius 2 is 2.30 bits per heavy atom. The van der Waals surface area contributed by atoms with Crippen LogP contribution in [0, 0.1) is 6.92 Å². The predicted molar refractivity (Wildman–Crippen MR) is 71.6 cm³/mol. The fraction of sp³-hybridized carbons (Fsp3) is 0.333. The number of hydrogen-bond acceptors (Lipinski definition) is 4. The van der Waals surface area contributed by atoms with Crippen molar-refractivity contribution in [2.24, 2.45) is 0 Å². The van der Waals surface area contributed by atoms with Crippen molar-refractivity contribution in [3.8, 4) is 0 Å². The van der Waals surface area contributed by atoms with Crippen LogP contribution in [0.2, 0.25) is 0 Å². The van der Waals surface area contributed by atoms with E-state index in [9.17, 15) is 14.4 Å². The minimum atomic E-state index is -0.313. The van der Waals surface area contributed by atoms with E-state index in [1.807, 2.05) is 0 Å². The van der Waals surface area contributed by atoms with Gasteiger partial charge in [-0.1, -0.05) is 0 Å². The Balaban J connectivity index is 2.11. The number of carbonyl (C=O) groups is 2. The van der Waals surface area contributed by atoms with Crippen molar-refractivity contribution in [3.63, 3.8) is 0 Å². The highest BCUT2D eigenvalue weighted by Gasteiger charge is 2.14. The summed E-state index contributed by atoms with van der Waals surface area (Å²) >= 11 is 0. The van der Waals surface area contributed by atoms with Crippen molar-refractivity contribution in [3.05, 3.63) is 33.9 Å². The molecule has 106 valence electrons. The molecule has 8 heteroatoms. The Morgan fingerprint density at radius 3 is 3.05 bits per heavy atom. The maximum Gasteiger partial charge on any atom is 0.272 e. The molecule has 0 aliphatic carbocycles. The third-order valence-electron chi connectivity index (χ3n) is 2.74. The molecule has 2 heterocycles. The molecule has 0 aliphatic heterocycles. The van der Waals surface area contributed by atoms with Gasteiger partial charge in [-0.2, -0.15) is 0 Å². The van der Waals surface area contributed by atoms with Crippen molar-refractivity contribution in [1.82, 2.24) is 25.2 Å². The van der Waals surface area contributed by atoms with Gasteiger partial charge in [0, 0.05) is 31.0 Å². The SMILES string of the molecule is Cc1cc(=O)n2[nH]cc(C(=O)NCCCNC=O)c2n1. The molecule has 0 saturated heterocycles. The number of aromatic nitrogens is 3. The molecular weight excluding hydrogens is 262 g/mol. The van der Waals surface area contributed by atoms with Gasteiger partial charge in [-0.3, -0.25) is 19.5 Å². The van der Waals surface area contributed by atoms with Crippen molar-refractivity contribution in [2.75, 3.05) is 13.1 Å². The molecule has 0 fully saturated rings. The minimum absolute atomic E-state index is 0.262. The number of aryl methyl sites for hydroxylation is 1. The van der Waals surface area contributed by atoms with Gasteiger partial charge in [0.15, 0.2) is 5.65 Å². The molecule has 2 aromatic rings. The molecule has 0 spiro atoms. The third-order valence-corrected chi connectivity index (χ3v) is 2.74. The molecule has 0 saturated carbocycles. The van der Waals surface area contributed by atoms with Gasteiger partial charge in [0.2, 0.25) is 6.41 Å². The molecule has 2 aromatic heterocycles. The molecule has 0 unspecified atom stereocenters. The zero-order valence-electron chi connectivity index (χ0n) is 11.0. The summed E-state index contributed by atoms with van der Waals surface area (Å²) in [6.45, 7) is 2.61. The second-order valence-corrected chi connectivity index (χ2v) is 4.26. The number of hydrogen-bond donors (Lipinski definition) is 3. The van der Waals surface area contributed by atoms with Gasteiger partial charge in [-0.15, -0.1) is 0 Å². The molecule has 2 rings (SSSR count). The summed E-state index contributed by atoms with van der Waals surface area (Å²) in [4.78, 5) is 37.9. The number of fused-ring (bicyclic) bond motifs is 1. The van der Waals surface area contributed by atoms with Crippen LogP contribution in [0.1, 0.15) is 22.5 Å². The maximum atomic E-state index is 12.0. The van der Waals surface area contributed by atoms with E-state index in [0.717, 1.165) is 0 Å². The first-order chi connectivity index (χ1) is 9.63. The van der Waals surface area contributed by atoms with Crippen LogP contribution in [0.3, 0.4) is 0 Å². The van der Waals surface area contributed by atoms with Gasteiger partial charge in [-0.05, 0) is 13.3 Å². The average molecular weight is 277 g/mol. The fourth-order valence-electron chi connectivity index (χ4n) is 1.81. The predicted octanol–water partition coefficient (Wildman–Crippen LogP) is -0.803. The Hall–Kier alpha value is -2.64. The van der Waals surface area contributed by atoms with Crippen LogP contribution in [0.15, 0.2) is 17.1 Å². The van der Waals surface area contributed by atoms with E-state index < -0.39 is 0 Å². The largest absolute Gasteiger partial charge is 0.359 e. The summed E-state index contributed by atoms with van der Waals surface area (Å²) < 4.78 is 1.22. The number of carbonyl (C=O) groups excluding carboxylic acids is 2. The van der Waals surface area contributed by atoms with Crippen LogP contribution < -0.4 is 16.2 Å². The number of aromatic amines is 1. The molecule has 0 bridgehead atoms. The van der Waals surface area contributed by atoms with Crippen molar-refractivity contribution < 1.29 is 9.59 Å². The van der Waals surface area contributed by atoms with Crippen LogP contribution in [-0.4, -0.2) is 40.0 Å². The van der Waals surface area contributed by atoms with E-state index in [0.29, 0.717) is 42.8 Å². The number of H-pyrrole nitrogens is 1. The van der Waals surface area contributed by atoms with Gasteiger partial charge in [0.1, 0.15) is 5.56 Å². The van der Waals surface area contributed by atoms with E-state index in [1.165, 1.54) is 16.8 Å². The molecule has 0 atom stereocenters. The summed E-state index contributed by atoms with van der Waals surface area (Å²) in [7, 11) is 0. The van der Waals surface area contributed by atoms with Gasteiger partial charge in [-0.25, -0.2) is 9.50 Å². The first-order valence-electron chi connectivity index (χ1n) is 6.16. The zero-order chi connectivity index (χ0) is 14.5. The minimum Gasteiger partial charge on any atom is -0.359 e. The Labute approximate surface area is 114 Å². The molecule has 0 aromatic carbocycles. The van der Waals surface area contributed by atoms with Crippen LogP contribution >= 0.6 is 0 Å². The van der Waals surface area contributed by atoms with Gasteiger partial charge < -0.3 is 10.6 Å². The summed E-state index contributed by atoms with van der Waals surface area (Å²) in [6.07, 6.45) is 2.68. The number of rotatable bonds is 6. The third kappa shape index (κ3) is 2.85. The van der Waals surface area contributed by atoms with Crippen LogP contribution in [0.5, 0.6) is 0 Å². The van der Waals surface area contributed by atoms with E-state index in [4.69, 9.17) is 0 Å². The van der Waals surface area contributed by atoms with Gasteiger partial charge in [0.25, 0.3) is 11.5 Å². The first kappa shape index (κ1) is 13.8. The molecule has 8 nitrogen and oxygen atoms in total. The van der Waals surface area contributed by atoms with Crippen LogP contribution in [0.25, 0.3) is 5.65 Å². The summed E-state index contributed by atoms with van der Waals surface area (Å²) in [5.41, 5.74) is 0.910. The Bertz CT molecular complexity index is 688. The van der Waals surface area contributed by atoms with Crippen molar-refractivity contribution in [2.45, 2.75) is 13.3 Å². The number of nitrogens with one attached hydrogen (secondary N) is 3. The van der Waals surface area contributed by atoms with Crippen molar-refractivity contribution in [1.29, 1.82) is 0 Å². The summed E-state index contributed by atoms with van der Waals surface area (Å²) in [6, 6.07) is 1.39. The van der Waals surface area contributed by atoms with Gasteiger partial charge in [0.05, 0.1) is 0 Å². The Morgan fingerprint density at radius 1 is 1.50 bits per heavy atom. The standard InChI is InChI=1S/C12H15N5O3/c1-8-5-10(19)17-11(16-8)9(6-15-17)12(20)14-4-2-3-13-7-18/h5-7,15H,2-4H2,1H3,(H,13,18)(H,14,20). The lowest BCUT2D eigenvalue weighted by Crippen LogP contribution is -2.27. The molecule has 0 aliphatic rings. The zero-order valence-corrected chi connectivity index (χ0v) is 11.0. The van der Waals surface area contributed by atoms with E-state index in [-0.39, 0.29) is 11.5 Å². The molecule has 0 radical (unpaired) electrons. The average Bonchev–Trinajstić information content (AvgIpc) is 2.82. The highest BCUT2D eigenvalue weighted by atomic mass is 16.2. The highest BCUT2D eigenvalue weighted by molar-refractivity contribution is 5.99. The fourth-order valence-corrected chi connectivity index (χ4v) is 1.81. The lowest BCUT2D eigenvalue weighted by atomic mass is 10.3. The molecular formula is C12H15N5O3. The van der Waals surface area contributed by atoms with Crippen LogP contribution in [0.4, 0.5) is 0 Å². The number of amides is 2. The molecule has 20 heavy (non-hydrogen) atoms. The normalized spacial score (nSPS) is 10.4. The lowest BCUT2D eigenvalue weighted by Gasteiger charge is -2.03. The van der Waals surface area contributed by atoms with Crippen molar-refractivity contribution >= 4 is 18.0 Å². The monoisotopic (exact) mass is 277 g/mol. The maximum absolute atomic E-state index is 12.0. The Kier molecular flexibility index (Phi) is 4.14. The summed E-state index contributed by atoms with van der Waals surface area (Å²) in [5.74, 6) is -0.313. The van der Waals surface area contributed by atoms with Crippen LogP contribution in [-0.2, 0) is 4.79 Å². The highest BCUT2D eigenvalue weighted by Crippen LogP contribution is 2.06. The first-order valence-corrected chi connectivity index (χ1v) is 6.16. The second kappa shape index (κ2) is 6.00. The lowest BCUT2D eigenvalue weighted by molar-refractivity contribution is -0.109. The molecule has 3 N–H and O–H groups in total. The number of nitrogens with zero attached hydrogens (tertiary/aromatic N) is 2. The second-order valence-electron chi connectivity index (χ2n) is 4.26. The van der Waals surface area contributed by atoms with E-state index in [2.05, 4.69) is 20.7 Å². The summed E-state index contributed by atoms with van der Waals surface area (Å²) in [5, 5.41) is 7.91. The topological polar surface area (TPSA) is 108 Å². The van der Waals surface area contributed by atoms with E-state index >= 15 is 0 Å². The van der Waals surface area contributed by atoms with Gasteiger partial charge >= 0.3 is 0 Å².